The van der Waals surface area contributed by atoms with Gasteiger partial charge in [0.15, 0.2) is 17.8 Å². The summed E-state index contributed by atoms with van der Waals surface area (Å²) in [7, 11) is 3.21. The zero-order valence-corrected chi connectivity index (χ0v) is 9.47. The fourth-order valence-electron chi connectivity index (χ4n) is 1.92. The molecule has 2 atom stereocenters. The van der Waals surface area contributed by atoms with Gasteiger partial charge in [-0.1, -0.05) is 6.07 Å². The lowest BCUT2D eigenvalue weighted by atomic mass is 10.1. The number of methoxy groups -OCH3 is 2. The number of ether oxygens (including phenoxy) is 3. The molecule has 1 N–H and O–H groups in total. The van der Waals surface area contributed by atoms with Crippen LogP contribution in [-0.2, 0) is 4.74 Å². The van der Waals surface area contributed by atoms with Crippen LogP contribution in [-0.4, -0.2) is 25.6 Å². The van der Waals surface area contributed by atoms with Crippen molar-refractivity contribution in [3.05, 3.63) is 23.8 Å². The first kappa shape index (κ1) is 11.2. The zero-order chi connectivity index (χ0) is 11.5. The third kappa shape index (κ3) is 2.13. The van der Waals surface area contributed by atoms with Gasteiger partial charge in [-0.25, -0.2) is 0 Å². The minimum Gasteiger partial charge on any atom is -0.493 e. The SMILES string of the molecule is COc1ccc(C2CCC(O)O2)cc1OC. The van der Waals surface area contributed by atoms with E-state index in [2.05, 4.69) is 0 Å². The predicted molar refractivity (Wildman–Crippen MR) is 58.6 cm³/mol. The van der Waals surface area contributed by atoms with Crippen molar-refractivity contribution in [1.82, 2.24) is 0 Å². The first-order chi connectivity index (χ1) is 7.74. The second-order valence-electron chi connectivity index (χ2n) is 3.77. The van der Waals surface area contributed by atoms with E-state index in [1.54, 1.807) is 14.2 Å². The Kier molecular flexibility index (Phi) is 3.31. The lowest BCUT2D eigenvalue weighted by Crippen LogP contribution is -2.04. The summed E-state index contributed by atoms with van der Waals surface area (Å²) in [5, 5.41) is 9.31. The van der Waals surface area contributed by atoms with Gasteiger partial charge in [0.05, 0.1) is 20.3 Å². The van der Waals surface area contributed by atoms with Crippen molar-refractivity contribution in [1.29, 1.82) is 0 Å². The van der Waals surface area contributed by atoms with Crippen LogP contribution in [0.4, 0.5) is 0 Å². The lowest BCUT2D eigenvalue weighted by Gasteiger charge is -2.14. The topological polar surface area (TPSA) is 47.9 Å². The van der Waals surface area contributed by atoms with Crippen LogP contribution in [0.15, 0.2) is 18.2 Å². The lowest BCUT2D eigenvalue weighted by molar-refractivity contribution is -0.0914. The van der Waals surface area contributed by atoms with E-state index in [0.717, 1.165) is 12.0 Å². The van der Waals surface area contributed by atoms with Crippen LogP contribution >= 0.6 is 0 Å². The fraction of sp³-hybridized carbons (Fsp3) is 0.500. The van der Waals surface area contributed by atoms with Gasteiger partial charge in [0, 0.05) is 6.42 Å². The highest BCUT2D eigenvalue weighted by Gasteiger charge is 2.25. The van der Waals surface area contributed by atoms with Crippen LogP contribution in [0.2, 0.25) is 0 Å². The highest BCUT2D eigenvalue weighted by molar-refractivity contribution is 5.43. The minimum absolute atomic E-state index is 0.0465. The highest BCUT2D eigenvalue weighted by atomic mass is 16.6. The molecule has 0 bridgehead atoms. The summed E-state index contributed by atoms with van der Waals surface area (Å²) in [6.07, 6.45) is 0.822. The van der Waals surface area contributed by atoms with Crippen LogP contribution in [0.25, 0.3) is 0 Å². The van der Waals surface area contributed by atoms with E-state index >= 15 is 0 Å². The van der Waals surface area contributed by atoms with Gasteiger partial charge in [-0.05, 0) is 24.1 Å². The summed E-state index contributed by atoms with van der Waals surface area (Å²) in [4.78, 5) is 0. The van der Waals surface area contributed by atoms with Gasteiger partial charge >= 0.3 is 0 Å². The molecule has 1 fully saturated rings. The molecule has 16 heavy (non-hydrogen) atoms. The number of rotatable bonds is 3. The van der Waals surface area contributed by atoms with Crippen LogP contribution in [0.3, 0.4) is 0 Å². The van der Waals surface area contributed by atoms with Crippen LogP contribution in [0, 0.1) is 0 Å². The molecule has 1 aromatic rings. The fourth-order valence-corrected chi connectivity index (χ4v) is 1.92. The van der Waals surface area contributed by atoms with Gasteiger partial charge in [0.1, 0.15) is 0 Å². The molecular weight excluding hydrogens is 208 g/mol. The minimum atomic E-state index is -0.641. The largest absolute Gasteiger partial charge is 0.493 e. The summed E-state index contributed by atoms with van der Waals surface area (Å²) in [5.41, 5.74) is 1.01. The van der Waals surface area contributed by atoms with E-state index in [4.69, 9.17) is 14.2 Å². The quantitative estimate of drug-likeness (QED) is 0.851. The molecule has 1 aromatic carbocycles. The average Bonchev–Trinajstić information content (AvgIpc) is 2.75. The van der Waals surface area contributed by atoms with Crippen LogP contribution < -0.4 is 9.47 Å². The third-order valence-corrected chi connectivity index (χ3v) is 2.78. The maximum atomic E-state index is 9.31. The van der Waals surface area contributed by atoms with Gasteiger partial charge in [-0.2, -0.15) is 0 Å². The number of aliphatic hydroxyl groups is 1. The first-order valence-corrected chi connectivity index (χ1v) is 5.30. The van der Waals surface area contributed by atoms with E-state index in [1.807, 2.05) is 18.2 Å². The van der Waals surface area contributed by atoms with Crippen molar-refractivity contribution < 1.29 is 19.3 Å². The molecule has 0 saturated carbocycles. The Morgan fingerprint density at radius 1 is 1.19 bits per heavy atom. The first-order valence-electron chi connectivity index (χ1n) is 5.30. The average molecular weight is 224 g/mol. The summed E-state index contributed by atoms with van der Waals surface area (Å²) >= 11 is 0. The van der Waals surface area contributed by atoms with Gasteiger partial charge in [0.25, 0.3) is 0 Å². The maximum Gasteiger partial charge on any atom is 0.161 e. The van der Waals surface area contributed by atoms with Crippen LogP contribution in [0.5, 0.6) is 11.5 Å². The monoisotopic (exact) mass is 224 g/mol. The normalized spacial score (nSPS) is 24.4. The summed E-state index contributed by atoms with van der Waals surface area (Å²) in [5.74, 6) is 1.38. The van der Waals surface area contributed by atoms with Crippen molar-refractivity contribution in [2.24, 2.45) is 0 Å². The Balaban J connectivity index is 2.22. The highest BCUT2D eigenvalue weighted by Crippen LogP contribution is 2.36. The number of hydrogen-bond acceptors (Lipinski definition) is 4. The van der Waals surface area contributed by atoms with Crippen LogP contribution in [0.1, 0.15) is 24.5 Å². The van der Waals surface area contributed by atoms with Crippen molar-refractivity contribution in [2.45, 2.75) is 25.2 Å². The second kappa shape index (κ2) is 4.72. The predicted octanol–water partition coefficient (Wildman–Crippen LogP) is 1.87. The van der Waals surface area contributed by atoms with Crippen molar-refractivity contribution >= 4 is 0 Å². The third-order valence-electron chi connectivity index (χ3n) is 2.78. The second-order valence-corrected chi connectivity index (χ2v) is 3.77. The molecule has 4 heteroatoms. The molecular formula is C12H16O4. The molecule has 0 amide bonds. The van der Waals surface area contributed by atoms with E-state index < -0.39 is 6.29 Å². The van der Waals surface area contributed by atoms with E-state index in [1.165, 1.54) is 0 Å². The Labute approximate surface area is 94.8 Å². The number of benzene rings is 1. The number of aliphatic hydroxyl groups excluding tert-OH is 1. The van der Waals surface area contributed by atoms with E-state index in [-0.39, 0.29) is 6.10 Å². The Morgan fingerprint density at radius 3 is 2.50 bits per heavy atom. The standard InChI is InChI=1S/C12H16O4/c1-14-10-4-3-8(7-11(10)15-2)9-5-6-12(13)16-9/h3-4,7,9,12-13H,5-6H2,1-2H3. The molecule has 0 aromatic heterocycles. The molecule has 1 saturated heterocycles. The molecule has 0 radical (unpaired) electrons. The molecule has 1 aliphatic heterocycles. The van der Waals surface area contributed by atoms with Gasteiger partial charge in [0.2, 0.25) is 0 Å². The summed E-state index contributed by atoms with van der Waals surface area (Å²) in [6, 6.07) is 5.67. The number of hydrogen-bond donors (Lipinski definition) is 1. The molecule has 88 valence electrons. The summed E-state index contributed by atoms with van der Waals surface area (Å²) < 4.78 is 15.8. The zero-order valence-electron chi connectivity index (χ0n) is 9.47. The molecule has 2 rings (SSSR count). The Morgan fingerprint density at radius 2 is 1.94 bits per heavy atom. The van der Waals surface area contributed by atoms with Gasteiger partial charge in [-0.15, -0.1) is 0 Å². The molecule has 0 spiro atoms. The molecule has 2 unspecified atom stereocenters. The smallest absolute Gasteiger partial charge is 0.161 e. The van der Waals surface area contributed by atoms with Crippen molar-refractivity contribution in [2.75, 3.05) is 14.2 Å². The molecule has 1 aliphatic rings. The Bertz CT molecular complexity index is 364. The van der Waals surface area contributed by atoms with E-state index in [9.17, 15) is 5.11 Å². The maximum absolute atomic E-state index is 9.31. The van der Waals surface area contributed by atoms with Gasteiger partial charge < -0.3 is 19.3 Å². The Hall–Kier alpha value is -1.26. The molecule has 4 nitrogen and oxygen atoms in total. The van der Waals surface area contributed by atoms with Crippen molar-refractivity contribution in [3.8, 4) is 11.5 Å². The van der Waals surface area contributed by atoms with Gasteiger partial charge in [-0.3, -0.25) is 0 Å². The molecule has 0 aliphatic carbocycles. The van der Waals surface area contributed by atoms with E-state index in [0.29, 0.717) is 17.9 Å². The van der Waals surface area contributed by atoms with Crippen molar-refractivity contribution in [3.63, 3.8) is 0 Å². The summed E-state index contributed by atoms with van der Waals surface area (Å²) in [6.45, 7) is 0. The molecule has 1 heterocycles.